The van der Waals surface area contributed by atoms with E-state index in [1.807, 2.05) is 56.3 Å². The predicted molar refractivity (Wildman–Crippen MR) is 98.3 cm³/mol. The molecule has 0 aliphatic heterocycles. The van der Waals surface area contributed by atoms with Gasteiger partial charge in [-0.3, -0.25) is 4.79 Å². The van der Waals surface area contributed by atoms with Gasteiger partial charge in [-0.25, -0.2) is 0 Å². The number of benzene rings is 2. The van der Waals surface area contributed by atoms with E-state index in [2.05, 4.69) is 6.58 Å². The van der Waals surface area contributed by atoms with E-state index in [9.17, 15) is 4.79 Å². The highest BCUT2D eigenvalue weighted by Gasteiger charge is 2.17. The number of para-hydroxylation sites is 1. The van der Waals surface area contributed by atoms with E-state index >= 15 is 0 Å². The molecule has 0 fully saturated rings. The van der Waals surface area contributed by atoms with Crippen molar-refractivity contribution in [3.63, 3.8) is 0 Å². The maximum absolute atomic E-state index is 12.4. The fourth-order valence-corrected chi connectivity index (χ4v) is 2.42. The number of nitrogens with two attached hydrogens (primary N) is 1. The first-order valence-corrected chi connectivity index (χ1v) is 7.96. The van der Waals surface area contributed by atoms with Crippen molar-refractivity contribution in [1.29, 1.82) is 0 Å². The second-order valence-corrected chi connectivity index (χ2v) is 5.66. The lowest BCUT2D eigenvalue weighted by molar-refractivity contribution is -0.117. The first kappa shape index (κ1) is 17.8. The molecule has 0 radical (unpaired) electrons. The van der Waals surface area contributed by atoms with Gasteiger partial charge in [0, 0.05) is 11.3 Å². The van der Waals surface area contributed by atoms with Crippen LogP contribution >= 0.6 is 0 Å². The molecule has 0 spiro atoms. The van der Waals surface area contributed by atoms with Crippen LogP contribution in [0.4, 0.5) is 5.69 Å². The normalized spacial score (nSPS) is 10.3. The lowest BCUT2D eigenvalue weighted by Crippen LogP contribution is -2.35. The van der Waals surface area contributed by atoms with Crippen molar-refractivity contribution in [3.8, 4) is 5.75 Å². The number of rotatable bonds is 7. The zero-order chi connectivity index (χ0) is 17.5. The molecule has 126 valence electrons. The highest BCUT2D eigenvalue weighted by molar-refractivity contribution is 5.94. The molecular formula is C20H24N2O2. The third-order valence-corrected chi connectivity index (χ3v) is 3.94. The first-order valence-electron chi connectivity index (χ1n) is 7.96. The van der Waals surface area contributed by atoms with Crippen LogP contribution in [0.25, 0.3) is 0 Å². The predicted octanol–water partition coefficient (Wildman–Crippen LogP) is 3.36. The third kappa shape index (κ3) is 4.24. The number of nitrogens with zero attached hydrogens (tertiary/aromatic N) is 1. The first-order chi connectivity index (χ1) is 11.6. The number of amides is 1. The van der Waals surface area contributed by atoms with Gasteiger partial charge >= 0.3 is 0 Å². The summed E-state index contributed by atoms with van der Waals surface area (Å²) in [6.45, 7) is 8.54. The summed E-state index contributed by atoms with van der Waals surface area (Å²) in [5.41, 5.74) is 9.71. The largest absolute Gasteiger partial charge is 0.489 e. The van der Waals surface area contributed by atoms with E-state index in [1.54, 1.807) is 11.0 Å². The number of carbonyl (C=O) groups excluding carboxylic acids is 1. The summed E-state index contributed by atoms with van der Waals surface area (Å²) in [6.07, 6.45) is 1.70. The smallest absolute Gasteiger partial charge is 0.241 e. The lowest BCUT2D eigenvalue weighted by atomic mass is 10.1. The Kier molecular flexibility index (Phi) is 6.15. The van der Waals surface area contributed by atoms with Gasteiger partial charge in [-0.15, -0.1) is 0 Å². The lowest BCUT2D eigenvalue weighted by Gasteiger charge is -2.24. The van der Waals surface area contributed by atoms with E-state index in [0.29, 0.717) is 13.2 Å². The van der Waals surface area contributed by atoms with Crippen molar-refractivity contribution in [3.05, 3.63) is 71.8 Å². The summed E-state index contributed by atoms with van der Waals surface area (Å²) in [5, 5.41) is 0. The molecule has 0 saturated heterocycles. The van der Waals surface area contributed by atoms with Crippen LogP contribution < -0.4 is 15.4 Å². The fraction of sp³-hybridized carbons (Fsp3) is 0.250. The number of ether oxygens (including phenoxy) is 1. The van der Waals surface area contributed by atoms with Crippen molar-refractivity contribution >= 4 is 11.6 Å². The van der Waals surface area contributed by atoms with E-state index in [0.717, 1.165) is 22.6 Å². The van der Waals surface area contributed by atoms with Crippen LogP contribution in [0.1, 0.15) is 16.7 Å². The molecule has 4 heteroatoms. The maximum Gasteiger partial charge on any atom is 0.241 e. The molecular weight excluding hydrogens is 300 g/mol. The summed E-state index contributed by atoms with van der Waals surface area (Å²) < 4.78 is 5.69. The quantitative estimate of drug-likeness (QED) is 0.795. The summed E-state index contributed by atoms with van der Waals surface area (Å²) in [4.78, 5) is 14.1. The average molecular weight is 324 g/mol. The van der Waals surface area contributed by atoms with Crippen molar-refractivity contribution in [2.45, 2.75) is 20.4 Å². The number of anilines is 1. The van der Waals surface area contributed by atoms with Gasteiger partial charge in [-0.2, -0.15) is 0 Å². The molecule has 0 aliphatic carbocycles. The van der Waals surface area contributed by atoms with Gasteiger partial charge in [0.25, 0.3) is 0 Å². The van der Waals surface area contributed by atoms with Gasteiger partial charge in [0.2, 0.25) is 5.91 Å². The van der Waals surface area contributed by atoms with Crippen LogP contribution in [-0.4, -0.2) is 19.1 Å². The van der Waals surface area contributed by atoms with Crippen LogP contribution in [0.5, 0.6) is 5.75 Å². The Morgan fingerprint density at radius 1 is 1.21 bits per heavy atom. The number of hydrogen-bond acceptors (Lipinski definition) is 3. The minimum absolute atomic E-state index is 0.0391. The molecule has 4 nitrogen and oxygen atoms in total. The Morgan fingerprint density at radius 3 is 2.62 bits per heavy atom. The minimum atomic E-state index is -0.128. The summed E-state index contributed by atoms with van der Waals surface area (Å²) in [6, 6.07) is 13.7. The van der Waals surface area contributed by atoms with Crippen molar-refractivity contribution in [2.75, 3.05) is 18.1 Å². The zero-order valence-corrected chi connectivity index (χ0v) is 14.3. The van der Waals surface area contributed by atoms with Crippen molar-refractivity contribution < 1.29 is 9.53 Å². The molecule has 2 N–H and O–H groups in total. The molecule has 0 saturated carbocycles. The molecule has 0 aromatic heterocycles. The van der Waals surface area contributed by atoms with Crippen LogP contribution in [0.3, 0.4) is 0 Å². The SMILES string of the molecule is C=CCOc1ccccc1CN(C(=O)CN)c1ccc(C)c(C)c1. The molecule has 0 heterocycles. The van der Waals surface area contributed by atoms with Crippen LogP contribution in [-0.2, 0) is 11.3 Å². The Balaban J connectivity index is 2.35. The number of hydrogen-bond donors (Lipinski definition) is 1. The molecule has 2 aromatic rings. The number of carbonyl (C=O) groups is 1. The molecule has 0 bridgehead atoms. The van der Waals surface area contributed by atoms with Gasteiger partial charge in [0.1, 0.15) is 12.4 Å². The van der Waals surface area contributed by atoms with Crippen molar-refractivity contribution in [2.24, 2.45) is 5.73 Å². The number of aryl methyl sites for hydroxylation is 2. The Bertz CT molecular complexity index is 725. The van der Waals surface area contributed by atoms with Gasteiger partial charge in [-0.05, 0) is 43.2 Å². The van der Waals surface area contributed by atoms with E-state index in [-0.39, 0.29) is 12.5 Å². The van der Waals surface area contributed by atoms with Gasteiger partial charge in [-0.1, -0.05) is 36.9 Å². The maximum atomic E-state index is 12.4. The van der Waals surface area contributed by atoms with Crippen molar-refractivity contribution in [1.82, 2.24) is 0 Å². The van der Waals surface area contributed by atoms with Crippen LogP contribution in [0.2, 0.25) is 0 Å². The molecule has 0 aliphatic rings. The fourth-order valence-electron chi connectivity index (χ4n) is 2.42. The highest BCUT2D eigenvalue weighted by atomic mass is 16.5. The zero-order valence-electron chi connectivity index (χ0n) is 14.3. The van der Waals surface area contributed by atoms with Crippen LogP contribution in [0, 0.1) is 13.8 Å². The molecule has 1 amide bonds. The standard InChI is InChI=1S/C20H24N2O2/c1-4-11-24-19-8-6-5-7-17(19)14-22(20(23)13-21)18-10-9-15(2)16(3)12-18/h4-10,12H,1,11,13-14,21H2,2-3H3. The molecule has 0 unspecified atom stereocenters. The van der Waals surface area contributed by atoms with Crippen LogP contribution in [0.15, 0.2) is 55.1 Å². The molecule has 2 aromatic carbocycles. The Morgan fingerprint density at radius 2 is 1.96 bits per heavy atom. The second kappa shape index (κ2) is 8.31. The summed E-state index contributed by atoms with van der Waals surface area (Å²) in [7, 11) is 0. The average Bonchev–Trinajstić information content (AvgIpc) is 2.60. The summed E-state index contributed by atoms with van der Waals surface area (Å²) in [5.74, 6) is 0.618. The highest BCUT2D eigenvalue weighted by Crippen LogP contribution is 2.25. The molecule has 2 rings (SSSR count). The molecule has 0 atom stereocenters. The van der Waals surface area contributed by atoms with E-state index in [4.69, 9.17) is 10.5 Å². The summed E-state index contributed by atoms with van der Waals surface area (Å²) >= 11 is 0. The van der Waals surface area contributed by atoms with Gasteiger partial charge < -0.3 is 15.4 Å². The topological polar surface area (TPSA) is 55.6 Å². The van der Waals surface area contributed by atoms with E-state index in [1.165, 1.54) is 5.56 Å². The van der Waals surface area contributed by atoms with E-state index < -0.39 is 0 Å². The van der Waals surface area contributed by atoms with Gasteiger partial charge in [0.15, 0.2) is 0 Å². The molecule has 24 heavy (non-hydrogen) atoms. The monoisotopic (exact) mass is 324 g/mol. The van der Waals surface area contributed by atoms with Gasteiger partial charge in [0.05, 0.1) is 13.1 Å². The third-order valence-electron chi connectivity index (χ3n) is 3.94. The Hall–Kier alpha value is -2.59. The Labute approximate surface area is 143 Å². The second-order valence-electron chi connectivity index (χ2n) is 5.66. The minimum Gasteiger partial charge on any atom is -0.489 e.